The Balaban J connectivity index is 2.24. The monoisotopic (exact) mass is 296 g/mol. The lowest BCUT2D eigenvalue weighted by molar-refractivity contribution is -0.112. The number of nitriles is 1. The Bertz CT molecular complexity index is 750. The fourth-order valence-electron chi connectivity index (χ4n) is 1.90. The van der Waals surface area contributed by atoms with Crippen molar-refractivity contribution in [2.24, 2.45) is 0 Å². The molecule has 3 nitrogen and oxygen atoms in total. The van der Waals surface area contributed by atoms with Crippen molar-refractivity contribution in [2.75, 3.05) is 5.32 Å². The van der Waals surface area contributed by atoms with Crippen molar-refractivity contribution in [3.8, 4) is 6.07 Å². The predicted molar refractivity (Wildman–Crippen MR) is 87.2 cm³/mol. The van der Waals surface area contributed by atoms with E-state index in [4.69, 9.17) is 0 Å². The van der Waals surface area contributed by atoms with Crippen LogP contribution in [0.15, 0.2) is 35.9 Å². The molecule has 1 N–H and O–H groups in total. The first-order chi connectivity index (χ1) is 10.0. The van der Waals surface area contributed by atoms with Crippen molar-refractivity contribution in [1.82, 2.24) is 0 Å². The van der Waals surface area contributed by atoms with Gasteiger partial charge in [-0.25, -0.2) is 0 Å². The van der Waals surface area contributed by atoms with E-state index in [9.17, 15) is 10.1 Å². The second-order valence-electron chi connectivity index (χ2n) is 4.82. The fourth-order valence-corrected chi connectivity index (χ4v) is 2.72. The minimum atomic E-state index is -0.378. The van der Waals surface area contributed by atoms with Crippen LogP contribution in [0.4, 0.5) is 5.69 Å². The molecule has 0 bridgehead atoms. The molecule has 4 heteroatoms. The molecule has 0 spiro atoms. The van der Waals surface area contributed by atoms with Crippen LogP contribution in [0, 0.1) is 32.1 Å². The SMILES string of the molecule is Cc1ccc(/C=C(\C#N)C(=O)Nc2cccc(C)c2C)s1. The third kappa shape index (κ3) is 3.59. The highest BCUT2D eigenvalue weighted by atomic mass is 32.1. The molecule has 0 saturated heterocycles. The van der Waals surface area contributed by atoms with Gasteiger partial charge in [0.1, 0.15) is 11.6 Å². The molecule has 0 aliphatic rings. The third-order valence-corrected chi connectivity index (χ3v) is 4.21. The summed E-state index contributed by atoms with van der Waals surface area (Å²) in [6.45, 7) is 5.92. The number of anilines is 1. The van der Waals surface area contributed by atoms with Gasteiger partial charge in [0.2, 0.25) is 0 Å². The minimum absolute atomic E-state index is 0.109. The Morgan fingerprint density at radius 3 is 2.62 bits per heavy atom. The van der Waals surface area contributed by atoms with Crippen molar-refractivity contribution in [2.45, 2.75) is 20.8 Å². The standard InChI is InChI=1S/C17H16N2OS/c1-11-5-4-6-16(13(11)3)19-17(20)14(10-18)9-15-8-7-12(2)21-15/h4-9H,1-3H3,(H,19,20)/b14-9+. The highest BCUT2D eigenvalue weighted by Crippen LogP contribution is 2.21. The lowest BCUT2D eigenvalue weighted by Crippen LogP contribution is -2.14. The Morgan fingerprint density at radius 1 is 1.24 bits per heavy atom. The predicted octanol–water partition coefficient (Wildman–Crippen LogP) is 4.22. The maximum Gasteiger partial charge on any atom is 0.266 e. The molecule has 0 fully saturated rings. The summed E-state index contributed by atoms with van der Waals surface area (Å²) in [5.74, 6) is -0.378. The van der Waals surface area contributed by atoms with E-state index in [-0.39, 0.29) is 11.5 Å². The van der Waals surface area contributed by atoms with Gasteiger partial charge < -0.3 is 5.32 Å². The Hall–Kier alpha value is -2.38. The van der Waals surface area contributed by atoms with E-state index >= 15 is 0 Å². The summed E-state index contributed by atoms with van der Waals surface area (Å²) in [6.07, 6.45) is 1.62. The minimum Gasteiger partial charge on any atom is -0.321 e. The first-order valence-corrected chi connectivity index (χ1v) is 7.38. The number of carbonyl (C=O) groups excluding carboxylic acids is 1. The Morgan fingerprint density at radius 2 is 2.00 bits per heavy atom. The number of amides is 1. The van der Waals surface area contributed by atoms with E-state index in [1.165, 1.54) is 0 Å². The normalized spacial score (nSPS) is 11.0. The zero-order valence-corrected chi connectivity index (χ0v) is 13.0. The van der Waals surface area contributed by atoms with Crippen LogP contribution in [0.3, 0.4) is 0 Å². The average Bonchev–Trinajstić information content (AvgIpc) is 2.86. The lowest BCUT2D eigenvalue weighted by Gasteiger charge is -2.09. The molecule has 1 amide bonds. The topological polar surface area (TPSA) is 52.9 Å². The second-order valence-corrected chi connectivity index (χ2v) is 6.14. The van der Waals surface area contributed by atoms with Crippen molar-refractivity contribution < 1.29 is 4.79 Å². The van der Waals surface area contributed by atoms with Gasteiger partial charge in [-0.05, 0) is 56.2 Å². The van der Waals surface area contributed by atoms with Crippen LogP contribution in [-0.4, -0.2) is 5.91 Å². The van der Waals surface area contributed by atoms with Crippen LogP contribution in [-0.2, 0) is 4.79 Å². The van der Waals surface area contributed by atoms with Gasteiger partial charge in [0.15, 0.2) is 0 Å². The highest BCUT2D eigenvalue weighted by molar-refractivity contribution is 7.12. The maximum atomic E-state index is 12.2. The van der Waals surface area contributed by atoms with Crippen LogP contribution >= 0.6 is 11.3 Å². The van der Waals surface area contributed by atoms with Crippen LogP contribution in [0.1, 0.15) is 20.9 Å². The molecule has 0 aliphatic heterocycles. The zero-order chi connectivity index (χ0) is 15.4. The van der Waals surface area contributed by atoms with E-state index < -0.39 is 0 Å². The van der Waals surface area contributed by atoms with E-state index in [0.717, 1.165) is 26.6 Å². The summed E-state index contributed by atoms with van der Waals surface area (Å²) in [6, 6.07) is 11.6. The molecule has 1 aromatic heterocycles. The van der Waals surface area contributed by atoms with Gasteiger partial charge in [-0.2, -0.15) is 5.26 Å². The second kappa shape index (κ2) is 6.38. The summed E-state index contributed by atoms with van der Waals surface area (Å²) in [7, 11) is 0. The number of carbonyl (C=O) groups is 1. The lowest BCUT2D eigenvalue weighted by atomic mass is 10.1. The smallest absolute Gasteiger partial charge is 0.266 e. The number of hydrogen-bond donors (Lipinski definition) is 1. The fraction of sp³-hybridized carbons (Fsp3) is 0.176. The van der Waals surface area contributed by atoms with Crippen molar-refractivity contribution in [3.05, 3.63) is 56.8 Å². The highest BCUT2D eigenvalue weighted by Gasteiger charge is 2.11. The van der Waals surface area contributed by atoms with E-state index in [0.29, 0.717) is 0 Å². The molecule has 0 aliphatic carbocycles. The zero-order valence-electron chi connectivity index (χ0n) is 12.2. The van der Waals surface area contributed by atoms with Crippen molar-refractivity contribution in [3.63, 3.8) is 0 Å². The quantitative estimate of drug-likeness (QED) is 0.681. The van der Waals surface area contributed by atoms with Gasteiger partial charge in [0.05, 0.1) is 0 Å². The van der Waals surface area contributed by atoms with Gasteiger partial charge in [0.25, 0.3) is 5.91 Å². The summed E-state index contributed by atoms with van der Waals surface area (Å²) in [5.41, 5.74) is 2.96. The van der Waals surface area contributed by atoms with Gasteiger partial charge >= 0.3 is 0 Å². The molecular formula is C17H16N2OS. The number of thiophene rings is 1. The van der Waals surface area contributed by atoms with Crippen LogP contribution in [0.5, 0.6) is 0 Å². The van der Waals surface area contributed by atoms with Gasteiger partial charge in [0, 0.05) is 15.4 Å². The molecule has 0 radical (unpaired) electrons. The number of nitrogens with zero attached hydrogens (tertiary/aromatic N) is 1. The molecule has 0 unspecified atom stereocenters. The van der Waals surface area contributed by atoms with E-state index in [1.807, 2.05) is 57.2 Å². The van der Waals surface area contributed by atoms with Crippen LogP contribution < -0.4 is 5.32 Å². The maximum absolute atomic E-state index is 12.2. The number of rotatable bonds is 3. The van der Waals surface area contributed by atoms with E-state index in [2.05, 4.69) is 5.32 Å². The van der Waals surface area contributed by atoms with Gasteiger partial charge in [-0.15, -0.1) is 11.3 Å². The number of nitrogens with one attached hydrogen (secondary N) is 1. The number of hydrogen-bond acceptors (Lipinski definition) is 3. The first-order valence-electron chi connectivity index (χ1n) is 6.57. The Kier molecular flexibility index (Phi) is 4.56. The number of aryl methyl sites for hydroxylation is 2. The third-order valence-electron chi connectivity index (χ3n) is 3.27. The molecule has 21 heavy (non-hydrogen) atoms. The summed E-state index contributed by atoms with van der Waals surface area (Å²) in [5, 5.41) is 12.0. The molecule has 2 rings (SSSR count). The van der Waals surface area contributed by atoms with Crippen LogP contribution in [0.2, 0.25) is 0 Å². The van der Waals surface area contributed by atoms with E-state index in [1.54, 1.807) is 17.4 Å². The summed E-state index contributed by atoms with van der Waals surface area (Å²) < 4.78 is 0. The molecule has 0 saturated carbocycles. The van der Waals surface area contributed by atoms with Gasteiger partial charge in [-0.1, -0.05) is 12.1 Å². The summed E-state index contributed by atoms with van der Waals surface area (Å²) in [4.78, 5) is 14.3. The Labute approximate surface area is 128 Å². The van der Waals surface area contributed by atoms with Crippen molar-refractivity contribution >= 4 is 29.0 Å². The molecule has 2 aromatic rings. The molecular weight excluding hydrogens is 280 g/mol. The molecule has 1 aromatic carbocycles. The molecule has 0 atom stereocenters. The largest absolute Gasteiger partial charge is 0.321 e. The first kappa shape index (κ1) is 15.0. The van der Waals surface area contributed by atoms with Gasteiger partial charge in [-0.3, -0.25) is 4.79 Å². The molecule has 106 valence electrons. The number of benzene rings is 1. The van der Waals surface area contributed by atoms with Crippen molar-refractivity contribution in [1.29, 1.82) is 5.26 Å². The summed E-state index contributed by atoms with van der Waals surface area (Å²) >= 11 is 1.55. The average molecular weight is 296 g/mol. The van der Waals surface area contributed by atoms with Crippen LogP contribution in [0.25, 0.3) is 6.08 Å². The molecule has 1 heterocycles.